The third-order valence-corrected chi connectivity index (χ3v) is 3.63. The average molecular weight is 217 g/mol. The van der Waals surface area contributed by atoms with E-state index >= 15 is 0 Å². The molecule has 1 fully saturated rings. The van der Waals surface area contributed by atoms with Crippen LogP contribution in [-0.4, -0.2) is 12.1 Å². The monoisotopic (exact) mass is 217 g/mol. The molecule has 1 heteroatoms. The Bertz CT molecular complexity index is 390. The molecule has 0 aliphatic carbocycles. The quantitative estimate of drug-likeness (QED) is 0.687. The van der Waals surface area contributed by atoms with E-state index in [2.05, 4.69) is 63.8 Å². The number of hydrogen-bond donors (Lipinski definition) is 0. The fourth-order valence-electron chi connectivity index (χ4n) is 3.24. The molecule has 88 valence electrons. The number of hydrogen-bond acceptors (Lipinski definition) is 1. The summed E-state index contributed by atoms with van der Waals surface area (Å²) < 4.78 is 0. The van der Waals surface area contributed by atoms with Crippen molar-refractivity contribution in [2.45, 2.75) is 46.6 Å². The molecule has 0 spiro atoms. The van der Waals surface area contributed by atoms with Crippen LogP contribution in [0.1, 0.15) is 39.7 Å². The second kappa shape index (κ2) is 3.51. The fraction of sp³-hybridized carbons (Fsp3) is 0.600. The number of para-hydroxylation sites is 1. The first-order chi connectivity index (χ1) is 7.32. The van der Waals surface area contributed by atoms with Gasteiger partial charge in [-0.3, -0.25) is 0 Å². The highest BCUT2D eigenvalue weighted by Gasteiger charge is 2.43. The van der Waals surface area contributed by atoms with Crippen LogP contribution >= 0.6 is 0 Å². The van der Waals surface area contributed by atoms with Gasteiger partial charge in [-0.2, -0.15) is 0 Å². The minimum atomic E-state index is 0.273. The highest BCUT2D eigenvalue weighted by molar-refractivity contribution is 5.56. The van der Waals surface area contributed by atoms with Crippen molar-refractivity contribution in [2.24, 2.45) is 5.41 Å². The molecule has 1 nitrogen and oxygen atoms in total. The van der Waals surface area contributed by atoms with Crippen molar-refractivity contribution in [1.29, 1.82) is 0 Å². The van der Waals surface area contributed by atoms with Crippen molar-refractivity contribution in [1.82, 2.24) is 0 Å². The molecule has 0 saturated carbocycles. The molecule has 16 heavy (non-hydrogen) atoms. The third kappa shape index (κ3) is 1.95. The topological polar surface area (TPSA) is 3.24 Å². The summed E-state index contributed by atoms with van der Waals surface area (Å²) in [7, 11) is 0. The SMILES string of the molecule is Cc1ccccc1N1CC(C)(C)CC1(C)C. The fourth-order valence-corrected chi connectivity index (χ4v) is 3.24. The van der Waals surface area contributed by atoms with Gasteiger partial charge in [0.1, 0.15) is 0 Å². The van der Waals surface area contributed by atoms with Gasteiger partial charge in [-0.15, -0.1) is 0 Å². The molecular weight excluding hydrogens is 194 g/mol. The van der Waals surface area contributed by atoms with E-state index in [0.29, 0.717) is 5.41 Å². The lowest BCUT2D eigenvalue weighted by atomic mass is 9.86. The van der Waals surface area contributed by atoms with E-state index in [0.717, 1.165) is 6.54 Å². The van der Waals surface area contributed by atoms with Gasteiger partial charge in [0.2, 0.25) is 0 Å². The van der Waals surface area contributed by atoms with Crippen molar-refractivity contribution in [3.8, 4) is 0 Å². The summed E-state index contributed by atoms with van der Waals surface area (Å²) in [5, 5.41) is 0. The number of aryl methyl sites for hydroxylation is 1. The molecule has 2 rings (SSSR count). The molecule has 1 aliphatic rings. The summed E-state index contributed by atoms with van der Waals surface area (Å²) in [4.78, 5) is 2.57. The first kappa shape index (κ1) is 11.5. The molecule has 0 aromatic heterocycles. The van der Waals surface area contributed by atoms with Gasteiger partial charge >= 0.3 is 0 Å². The molecule has 1 aliphatic heterocycles. The highest BCUT2D eigenvalue weighted by atomic mass is 15.2. The van der Waals surface area contributed by atoms with Gasteiger partial charge in [0.25, 0.3) is 0 Å². The molecule has 0 atom stereocenters. The Morgan fingerprint density at radius 3 is 2.19 bits per heavy atom. The predicted octanol–water partition coefficient (Wildman–Crippen LogP) is 4.01. The molecular formula is C15H23N. The van der Waals surface area contributed by atoms with Gasteiger partial charge in [-0.05, 0) is 44.2 Å². The molecule has 1 saturated heterocycles. The normalized spacial score (nSPS) is 22.4. The Balaban J connectivity index is 2.39. The van der Waals surface area contributed by atoms with Crippen molar-refractivity contribution < 1.29 is 0 Å². The molecule has 1 aromatic rings. The van der Waals surface area contributed by atoms with E-state index in [9.17, 15) is 0 Å². The standard InChI is InChI=1S/C15H23N/c1-12-8-6-7-9-13(12)16-11-14(2,3)10-15(16,4)5/h6-9H,10-11H2,1-5H3. The van der Waals surface area contributed by atoms with Crippen LogP contribution in [0.5, 0.6) is 0 Å². The van der Waals surface area contributed by atoms with E-state index in [-0.39, 0.29) is 5.54 Å². The second-order valence-corrected chi connectivity index (χ2v) is 6.53. The van der Waals surface area contributed by atoms with Crippen LogP contribution < -0.4 is 4.90 Å². The smallest absolute Gasteiger partial charge is 0.0400 e. The maximum absolute atomic E-state index is 2.57. The van der Waals surface area contributed by atoms with Crippen molar-refractivity contribution in [3.63, 3.8) is 0 Å². The number of nitrogens with zero attached hydrogens (tertiary/aromatic N) is 1. The van der Waals surface area contributed by atoms with Gasteiger partial charge in [0.05, 0.1) is 0 Å². The third-order valence-electron chi connectivity index (χ3n) is 3.63. The molecule has 0 amide bonds. The van der Waals surface area contributed by atoms with E-state index in [4.69, 9.17) is 0 Å². The largest absolute Gasteiger partial charge is 0.366 e. The predicted molar refractivity (Wildman–Crippen MR) is 71.0 cm³/mol. The van der Waals surface area contributed by atoms with E-state index in [1.54, 1.807) is 0 Å². The average Bonchev–Trinajstić information content (AvgIpc) is 2.35. The maximum Gasteiger partial charge on any atom is 0.0400 e. The van der Waals surface area contributed by atoms with Crippen LogP contribution in [0.4, 0.5) is 5.69 Å². The van der Waals surface area contributed by atoms with Crippen LogP contribution in [0.15, 0.2) is 24.3 Å². The van der Waals surface area contributed by atoms with Gasteiger partial charge < -0.3 is 4.90 Å². The van der Waals surface area contributed by atoms with Crippen molar-refractivity contribution in [3.05, 3.63) is 29.8 Å². The molecule has 1 heterocycles. The minimum Gasteiger partial charge on any atom is -0.366 e. The van der Waals surface area contributed by atoms with Gasteiger partial charge in [-0.1, -0.05) is 32.0 Å². The van der Waals surface area contributed by atoms with E-state index < -0.39 is 0 Å². The van der Waals surface area contributed by atoms with E-state index in [1.165, 1.54) is 17.7 Å². The highest BCUT2D eigenvalue weighted by Crippen LogP contribution is 2.44. The second-order valence-electron chi connectivity index (χ2n) is 6.53. The lowest BCUT2D eigenvalue weighted by molar-refractivity contribution is 0.371. The number of benzene rings is 1. The number of rotatable bonds is 1. The Kier molecular flexibility index (Phi) is 2.52. The summed E-state index contributed by atoms with van der Waals surface area (Å²) in [6.07, 6.45) is 1.26. The lowest BCUT2D eigenvalue weighted by Crippen LogP contribution is -2.38. The molecule has 0 radical (unpaired) electrons. The zero-order chi connectivity index (χ0) is 12.0. The zero-order valence-electron chi connectivity index (χ0n) is 11.2. The zero-order valence-corrected chi connectivity index (χ0v) is 11.2. The maximum atomic E-state index is 2.57. The van der Waals surface area contributed by atoms with Crippen LogP contribution in [0, 0.1) is 12.3 Å². The first-order valence-electron chi connectivity index (χ1n) is 6.15. The Labute approximate surface area is 99.5 Å². The number of anilines is 1. The van der Waals surface area contributed by atoms with E-state index in [1.807, 2.05) is 0 Å². The van der Waals surface area contributed by atoms with Gasteiger partial charge in [0, 0.05) is 17.8 Å². The summed E-state index contributed by atoms with van der Waals surface area (Å²) in [5.41, 5.74) is 3.48. The van der Waals surface area contributed by atoms with Crippen LogP contribution in [0.25, 0.3) is 0 Å². The summed E-state index contributed by atoms with van der Waals surface area (Å²) in [6.45, 7) is 12.8. The van der Waals surface area contributed by atoms with Crippen LogP contribution in [0.3, 0.4) is 0 Å². The van der Waals surface area contributed by atoms with Crippen molar-refractivity contribution >= 4 is 5.69 Å². The summed E-state index contributed by atoms with van der Waals surface area (Å²) in [5.74, 6) is 0. The molecule has 0 bridgehead atoms. The summed E-state index contributed by atoms with van der Waals surface area (Å²) in [6, 6.07) is 8.71. The minimum absolute atomic E-state index is 0.273. The Hall–Kier alpha value is -0.980. The van der Waals surface area contributed by atoms with Crippen LogP contribution in [-0.2, 0) is 0 Å². The summed E-state index contributed by atoms with van der Waals surface area (Å²) >= 11 is 0. The molecule has 0 N–H and O–H groups in total. The van der Waals surface area contributed by atoms with Crippen molar-refractivity contribution in [2.75, 3.05) is 11.4 Å². The molecule has 1 aromatic carbocycles. The Morgan fingerprint density at radius 2 is 1.69 bits per heavy atom. The van der Waals surface area contributed by atoms with Gasteiger partial charge in [-0.25, -0.2) is 0 Å². The Morgan fingerprint density at radius 1 is 1.06 bits per heavy atom. The first-order valence-corrected chi connectivity index (χ1v) is 6.15. The molecule has 0 unspecified atom stereocenters. The van der Waals surface area contributed by atoms with Crippen LogP contribution in [0.2, 0.25) is 0 Å². The lowest BCUT2D eigenvalue weighted by Gasteiger charge is -2.34. The van der Waals surface area contributed by atoms with Gasteiger partial charge in [0.15, 0.2) is 0 Å².